The van der Waals surface area contributed by atoms with E-state index in [4.69, 9.17) is 0 Å². The van der Waals surface area contributed by atoms with Gasteiger partial charge in [0.05, 0.1) is 6.42 Å². The van der Waals surface area contributed by atoms with Crippen molar-refractivity contribution in [2.45, 2.75) is 57.5 Å². The summed E-state index contributed by atoms with van der Waals surface area (Å²) < 4.78 is 16.5. The van der Waals surface area contributed by atoms with E-state index in [9.17, 15) is 14.0 Å². The molecule has 0 saturated heterocycles. The minimum atomic E-state index is -0.928. The number of fused-ring (bicyclic) bond motifs is 1. The molecule has 0 aliphatic heterocycles. The van der Waals surface area contributed by atoms with Crippen LogP contribution in [0, 0.1) is 12.7 Å². The van der Waals surface area contributed by atoms with Crippen LogP contribution in [0.5, 0.6) is 0 Å². The van der Waals surface area contributed by atoms with Crippen LogP contribution >= 0.6 is 0 Å². The van der Waals surface area contributed by atoms with Crippen molar-refractivity contribution in [1.82, 2.24) is 9.88 Å². The van der Waals surface area contributed by atoms with Crippen LogP contribution in [0.2, 0.25) is 0 Å². The third-order valence-electron chi connectivity index (χ3n) is 7.62. The van der Waals surface area contributed by atoms with Gasteiger partial charge in [0.15, 0.2) is 0 Å². The Hall–Kier alpha value is -3.93. The van der Waals surface area contributed by atoms with Crippen LogP contribution < -0.4 is 10.2 Å². The summed E-state index contributed by atoms with van der Waals surface area (Å²) >= 11 is 0. The Labute approximate surface area is 223 Å². The second-order valence-corrected chi connectivity index (χ2v) is 10.3. The first-order valence-electron chi connectivity index (χ1n) is 13.4. The van der Waals surface area contributed by atoms with E-state index in [0.29, 0.717) is 5.69 Å². The highest BCUT2D eigenvalue weighted by Gasteiger charge is 2.35. The lowest BCUT2D eigenvalue weighted by Gasteiger charge is -2.34. The minimum absolute atomic E-state index is 0.0743. The molecule has 1 atom stereocenters. The van der Waals surface area contributed by atoms with E-state index in [1.165, 1.54) is 23.5 Å². The quantitative estimate of drug-likeness (QED) is 0.313. The van der Waals surface area contributed by atoms with Gasteiger partial charge in [-0.05, 0) is 60.7 Å². The molecule has 1 N–H and O–H groups in total. The molecule has 1 heterocycles. The number of benzene rings is 3. The van der Waals surface area contributed by atoms with Crippen molar-refractivity contribution in [3.05, 3.63) is 102 Å². The largest absolute Gasteiger partial charge is 0.351 e. The molecule has 3 aromatic carbocycles. The molecule has 5 nitrogen and oxygen atoms in total. The molecule has 1 fully saturated rings. The number of para-hydroxylation sites is 1. The monoisotopic (exact) mass is 511 g/mol. The standard InChI is InChI=1S/C32H34FN3O2/c1-22-11-6-7-16-27(22)31(32(38)34-25-13-4-3-5-14-25)36(26-15-10-12-24(33)20-26)30(37)19-23-21-35(2)29-18-9-8-17-28(23)29/h6-12,15-18,20-21,25,31H,3-5,13-14,19H2,1-2H3,(H,34,38). The van der Waals surface area contributed by atoms with Crippen LogP contribution in [0.1, 0.15) is 54.8 Å². The summed E-state index contributed by atoms with van der Waals surface area (Å²) in [5.41, 5.74) is 3.89. The van der Waals surface area contributed by atoms with Crippen molar-refractivity contribution in [3.8, 4) is 0 Å². The first-order valence-corrected chi connectivity index (χ1v) is 13.4. The van der Waals surface area contributed by atoms with Gasteiger partial charge in [-0.25, -0.2) is 4.39 Å². The number of nitrogens with zero attached hydrogens (tertiary/aromatic N) is 2. The number of carbonyl (C=O) groups excluding carboxylic acids is 2. The third-order valence-corrected chi connectivity index (χ3v) is 7.62. The fourth-order valence-electron chi connectivity index (χ4n) is 5.70. The molecule has 0 bridgehead atoms. The molecule has 1 aromatic heterocycles. The molecule has 1 unspecified atom stereocenters. The van der Waals surface area contributed by atoms with Crippen molar-refractivity contribution in [2.24, 2.45) is 7.05 Å². The molecule has 2 amide bonds. The normalized spacial score (nSPS) is 14.8. The Morgan fingerprint density at radius 2 is 1.74 bits per heavy atom. The minimum Gasteiger partial charge on any atom is -0.351 e. The highest BCUT2D eigenvalue weighted by Crippen LogP contribution is 2.32. The van der Waals surface area contributed by atoms with E-state index in [-0.39, 0.29) is 24.3 Å². The van der Waals surface area contributed by atoms with Crippen molar-refractivity contribution < 1.29 is 14.0 Å². The lowest BCUT2D eigenvalue weighted by atomic mass is 9.93. The van der Waals surface area contributed by atoms with E-state index in [0.717, 1.165) is 53.3 Å². The van der Waals surface area contributed by atoms with Gasteiger partial charge in [0.1, 0.15) is 11.9 Å². The van der Waals surface area contributed by atoms with Crippen molar-refractivity contribution >= 4 is 28.4 Å². The van der Waals surface area contributed by atoms with Gasteiger partial charge in [-0.2, -0.15) is 0 Å². The summed E-state index contributed by atoms with van der Waals surface area (Å²) in [5.74, 6) is -0.956. The molecule has 1 saturated carbocycles. The van der Waals surface area contributed by atoms with E-state index in [1.807, 2.05) is 73.3 Å². The third kappa shape index (κ3) is 5.35. The molecule has 0 radical (unpaired) electrons. The smallest absolute Gasteiger partial charge is 0.248 e. The maximum Gasteiger partial charge on any atom is 0.248 e. The van der Waals surface area contributed by atoms with Gasteiger partial charge >= 0.3 is 0 Å². The topological polar surface area (TPSA) is 54.3 Å². The summed E-state index contributed by atoms with van der Waals surface area (Å²) in [6, 6.07) is 20.7. The summed E-state index contributed by atoms with van der Waals surface area (Å²) in [7, 11) is 1.95. The number of hydrogen-bond acceptors (Lipinski definition) is 2. The summed E-state index contributed by atoms with van der Waals surface area (Å²) in [5, 5.41) is 4.22. The van der Waals surface area contributed by atoms with Gasteiger partial charge in [-0.15, -0.1) is 0 Å². The van der Waals surface area contributed by atoms with Crippen LogP contribution in [-0.4, -0.2) is 22.4 Å². The van der Waals surface area contributed by atoms with Crippen LogP contribution in [0.25, 0.3) is 10.9 Å². The van der Waals surface area contributed by atoms with Crippen LogP contribution in [-0.2, 0) is 23.1 Å². The van der Waals surface area contributed by atoms with Gasteiger partial charge in [0.25, 0.3) is 0 Å². The van der Waals surface area contributed by atoms with Crippen molar-refractivity contribution in [1.29, 1.82) is 0 Å². The van der Waals surface area contributed by atoms with Gasteiger partial charge < -0.3 is 9.88 Å². The number of rotatable bonds is 7. The highest BCUT2D eigenvalue weighted by atomic mass is 19.1. The van der Waals surface area contributed by atoms with Crippen LogP contribution in [0.15, 0.2) is 79.0 Å². The Morgan fingerprint density at radius 1 is 1.00 bits per heavy atom. The van der Waals surface area contributed by atoms with Crippen molar-refractivity contribution in [3.63, 3.8) is 0 Å². The number of halogens is 1. The van der Waals surface area contributed by atoms with E-state index < -0.39 is 11.9 Å². The van der Waals surface area contributed by atoms with Crippen LogP contribution in [0.3, 0.4) is 0 Å². The molecule has 1 aliphatic carbocycles. The Bertz CT molecular complexity index is 1450. The van der Waals surface area contributed by atoms with Gasteiger partial charge in [-0.1, -0.05) is 67.8 Å². The van der Waals surface area contributed by atoms with Gasteiger partial charge in [0, 0.05) is 35.9 Å². The number of amides is 2. The molecule has 0 spiro atoms. The van der Waals surface area contributed by atoms with Gasteiger partial charge in [-0.3, -0.25) is 14.5 Å². The zero-order chi connectivity index (χ0) is 26.6. The number of nitrogens with one attached hydrogen (secondary N) is 1. The van der Waals surface area contributed by atoms with E-state index >= 15 is 0 Å². The predicted octanol–water partition coefficient (Wildman–Crippen LogP) is 6.39. The zero-order valence-electron chi connectivity index (χ0n) is 22.0. The SMILES string of the molecule is Cc1ccccc1C(C(=O)NC1CCCCC1)N(C(=O)Cc1cn(C)c2ccccc12)c1cccc(F)c1. The first-order chi connectivity index (χ1) is 18.4. The second-order valence-electron chi connectivity index (χ2n) is 10.3. The number of hydrogen-bond donors (Lipinski definition) is 1. The Balaban J connectivity index is 1.59. The van der Waals surface area contributed by atoms with Crippen LogP contribution in [0.4, 0.5) is 10.1 Å². The average molecular weight is 512 g/mol. The number of anilines is 1. The summed E-state index contributed by atoms with van der Waals surface area (Å²) in [6.07, 6.45) is 7.22. The predicted molar refractivity (Wildman–Crippen MR) is 149 cm³/mol. The zero-order valence-corrected chi connectivity index (χ0v) is 22.0. The molecular weight excluding hydrogens is 477 g/mol. The number of aromatic nitrogens is 1. The molecule has 1 aliphatic rings. The van der Waals surface area contributed by atoms with Crippen molar-refractivity contribution in [2.75, 3.05) is 4.90 Å². The molecule has 196 valence electrons. The number of carbonyl (C=O) groups is 2. The fourth-order valence-corrected chi connectivity index (χ4v) is 5.70. The highest BCUT2D eigenvalue weighted by molar-refractivity contribution is 6.03. The lowest BCUT2D eigenvalue weighted by molar-refractivity contribution is -0.127. The maximum atomic E-state index is 14.5. The van der Waals surface area contributed by atoms with E-state index in [2.05, 4.69) is 5.32 Å². The Kier molecular flexibility index (Phi) is 7.59. The van der Waals surface area contributed by atoms with E-state index in [1.54, 1.807) is 12.1 Å². The fraction of sp³-hybridized carbons (Fsp3) is 0.312. The summed E-state index contributed by atoms with van der Waals surface area (Å²) in [6.45, 7) is 1.94. The maximum absolute atomic E-state index is 14.5. The molecular formula is C32H34FN3O2. The second kappa shape index (κ2) is 11.2. The first kappa shape index (κ1) is 25.7. The summed E-state index contributed by atoms with van der Waals surface area (Å²) in [4.78, 5) is 29.7. The number of aryl methyl sites for hydroxylation is 2. The molecule has 5 rings (SSSR count). The Morgan fingerprint density at radius 3 is 2.50 bits per heavy atom. The molecule has 38 heavy (non-hydrogen) atoms. The van der Waals surface area contributed by atoms with Gasteiger partial charge in [0.2, 0.25) is 11.8 Å². The molecule has 6 heteroatoms. The lowest BCUT2D eigenvalue weighted by Crippen LogP contribution is -2.48. The average Bonchev–Trinajstić information content (AvgIpc) is 3.23. The molecule has 4 aromatic rings.